The zero-order valence-electron chi connectivity index (χ0n) is 7.76. The summed E-state index contributed by atoms with van der Waals surface area (Å²) in [6, 6.07) is 0. The molecule has 0 N–H and O–H groups in total. The molecule has 0 amide bonds. The fraction of sp³-hybridized carbons (Fsp3) is 0.667. The molecule has 0 aliphatic carbocycles. The summed E-state index contributed by atoms with van der Waals surface area (Å²) in [5.41, 5.74) is 0.0380. The SMILES string of the molecule is O=c1n(CC2CO2)ccn1CC1CO1. The maximum absolute atomic E-state index is 11.7. The third kappa shape index (κ3) is 1.60. The van der Waals surface area contributed by atoms with Gasteiger partial charge in [0.1, 0.15) is 0 Å². The van der Waals surface area contributed by atoms with Crippen molar-refractivity contribution in [2.24, 2.45) is 0 Å². The Kier molecular flexibility index (Phi) is 1.75. The molecule has 0 spiro atoms. The number of aromatic nitrogens is 2. The molecule has 5 heteroatoms. The van der Waals surface area contributed by atoms with E-state index in [1.807, 2.05) is 12.4 Å². The predicted molar refractivity (Wildman–Crippen MR) is 48.2 cm³/mol. The van der Waals surface area contributed by atoms with Gasteiger partial charge in [-0.2, -0.15) is 0 Å². The first-order chi connectivity index (χ1) is 6.83. The Bertz CT molecular complexity index is 353. The summed E-state index contributed by atoms with van der Waals surface area (Å²) in [6.45, 7) is 2.92. The van der Waals surface area contributed by atoms with Gasteiger partial charge < -0.3 is 9.47 Å². The summed E-state index contributed by atoms with van der Waals surface area (Å²) in [7, 11) is 0. The van der Waals surface area contributed by atoms with Gasteiger partial charge in [0.2, 0.25) is 0 Å². The second-order valence-electron chi connectivity index (χ2n) is 3.80. The van der Waals surface area contributed by atoms with Gasteiger partial charge in [0, 0.05) is 12.4 Å². The fourth-order valence-corrected chi connectivity index (χ4v) is 1.52. The van der Waals surface area contributed by atoms with E-state index in [0.717, 1.165) is 13.2 Å². The van der Waals surface area contributed by atoms with Crippen LogP contribution in [-0.4, -0.2) is 34.6 Å². The Morgan fingerprint density at radius 2 is 1.57 bits per heavy atom. The molecule has 5 nitrogen and oxygen atoms in total. The molecule has 2 fully saturated rings. The number of imidazole rings is 1. The Morgan fingerprint density at radius 3 is 1.93 bits per heavy atom. The zero-order chi connectivity index (χ0) is 9.54. The van der Waals surface area contributed by atoms with Crippen LogP contribution in [0.2, 0.25) is 0 Å². The average molecular weight is 196 g/mol. The molecule has 0 radical (unpaired) electrons. The van der Waals surface area contributed by atoms with Gasteiger partial charge in [-0.25, -0.2) is 4.79 Å². The highest BCUT2D eigenvalue weighted by atomic mass is 16.6. The highest BCUT2D eigenvalue weighted by Crippen LogP contribution is 2.12. The van der Waals surface area contributed by atoms with Crippen LogP contribution in [0.15, 0.2) is 17.2 Å². The summed E-state index contributed by atoms with van der Waals surface area (Å²) in [6.07, 6.45) is 4.13. The van der Waals surface area contributed by atoms with E-state index in [1.165, 1.54) is 0 Å². The number of epoxide rings is 2. The van der Waals surface area contributed by atoms with Crippen LogP contribution in [0.4, 0.5) is 0 Å². The van der Waals surface area contributed by atoms with Crippen LogP contribution in [0.1, 0.15) is 0 Å². The molecule has 2 saturated heterocycles. The summed E-state index contributed by atoms with van der Waals surface area (Å²) < 4.78 is 13.5. The summed E-state index contributed by atoms with van der Waals surface area (Å²) in [5, 5.41) is 0. The molecule has 0 saturated carbocycles. The fourth-order valence-electron chi connectivity index (χ4n) is 1.52. The van der Waals surface area contributed by atoms with Crippen molar-refractivity contribution in [3.63, 3.8) is 0 Å². The van der Waals surface area contributed by atoms with Crippen LogP contribution >= 0.6 is 0 Å². The molecule has 1 aromatic heterocycles. The summed E-state index contributed by atoms with van der Waals surface area (Å²) in [4.78, 5) is 11.7. The Morgan fingerprint density at radius 1 is 1.14 bits per heavy atom. The largest absolute Gasteiger partial charge is 0.371 e. The molecule has 1 aromatic rings. The first-order valence-corrected chi connectivity index (χ1v) is 4.82. The summed E-state index contributed by atoms with van der Waals surface area (Å²) >= 11 is 0. The first-order valence-electron chi connectivity index (χ1n) is 4.82. The van der Waals surface area contributed by atoms with Crippen molar-refractivity contribution in [1.29, 1.82) is 0 Å². The van der Waals surface area contributed by atoms with E-state index in [1.54, 1.807) is 9.13 Å². The van der Waals surface area contributed by atoms with Crippen molar-refractivity contribution >= 4 is 0 Å². The van der Waals surface area contributed by atoms with Gasteiger partial charge in [-0.1, -0.05) is 0 Å². The number of rotatable bonds is 4. The molecular formula is C9H12N2O3. The van der Waals surface area contributed by atoms with Gasteiger partial charge in [0.15, 0.2) is 0 Å². The van der Waals surface area contributed by atoms with Crippen LogP contribution in [-0.2, 0) is 22.6 Å². The molecule has 2 unspecified atom stereocenters. The van der Waals surface area contributed by atoms with Gasteiger partial charge in [0.25, 0.3) is 0 Å². The molecule has 0 bridgehead atoms. The molecule has 2 aliphatic rings. The monoisotopic (exact) mass is 196 g/mol. The van der Waals surface area contributed by atoms with E-state index >= 15 is 0 Å². The standard InChI is InChI=1S/C9H12N2O3/c12-9-10(3-7-5-13-7)1-2-11(9)4-8-6-14-8/h1-2,7-8H,3-6H2. The quantitative estimate of drug-likeness (QED) is 0.607. The number of nitrogens with zero attached hydrogens (tertiary/aromatic N) is 2. The highest BCUT2D eigenvalue weighted by Gasteiger charge is 2.26. The third-order valence-corrected chi connectivity index (χ3v) is 2.52. The maximum Gasteiger partial charge on any atom is 0.328 e. The highest BCUT2D eigenvalue weighted by molar-refractivity contribution is 4.86. The lowest BCUT2D eigenvalue weighted by Gasteiger charge is -1.97. The van der Waals surface area contributed by atoms with Crippen LogP contribution < -0.4 is 5.69 Å². The predicted octanol–water partition coefficient (Wildman–Crippen LogP) is -0.553. The second-order valence-corrected chi connectivity index (χ2v) is 3.80. The second kappa shape index (κ2) is 2.96. The van der Waals surface area contributed by atoms with Crippen LogP contribution in [0.3, 0.4) is 0 Å². The van der Waals surface area contributed by atoms with Crippen molar-refractivity contribution in [2.75, 3.05) is 13.2 Å². The maximum atomic E-state index is 11.7. The van der Waals surface area contributed by atoms with E-state index < -0.39 is 0 Å². The smallest absolute Gasteiger partial charge is 0.328 e. The minimum atomic E-state index is 0.0380. The normalized spacial score (nSPS) is 29.1. The zero-order valence-corrected chi connectivity index (χ0v) is 7.76. The minimum absolute atomic E-state index is 0.0380. The van der Waals surface area contributed by atoms with E-state index in [0.29, 0.717) is 13.1 Å². The molecule has 3 heterocycles. The molecule has 2 atom stereocenters. The van der Waals surface area contributed by atoms with E-state index in [9.17, 15) is 4.79 Å². The lowest BCUT2D eigenvalue weighted by atomic mass is 10.5. The van der Waals surface area contributed by atoms with Crippen LogP contribution in [0.25, 0.3) is 0 Å². The summed E-state index contributed by atoms with van der Waals surface area (Å²) in [5.74, 6) is 0. The average Bonchev–Trinajstić information content (AvgIpc) is 3.03. The first kappa shape index (κ1) is 8.26. The van der Waals surface area contributed by atoms with Crippen molar-refractivity contribution in [2.45, 2.75) is 25.3 Å². The Hall–Kier alpha value is -1.07. The molecule has 2 aliphatic heterocycles. The van der Waals surface area contributed by atoms with Crippen molar-refractivity contribution in [1.82, 2.24) is 9.13 Å². The lowest BCUT2D eigenvalue weighted by Crippen LogP contribution is -2.26. The van der Waals surface area contributed by atoms with E-state index in [4.69, 9.17) is 9.47 Å². The lowest BCUT2D eigenvalue weighted by molar-refractivity contribution is 0.370. The number of hydrogen-bond acceptors (Lipinski definition) is 3. The number of hydrogen-bond donors (Lipinski definition) is 0. The molecule has 0 aromatic carbocycles. The minimum Gasteiger partial charge on any atom is -0.371 e. The van der Waals surface area contributed by atoms with Gasteiger partial charge in [-0.05, 0) is 0 Å². The molecular weight excluding hydrogens is 184 g/mol. The van der Waals surface area contributed by atoms with Crippen LogP contribution in [0.5, 0.6) is 0 Å². The number of ether oxygens (including phenoxy) is 2. The van der Waals surface area contributed by atoms with Gasteiger partial charge >= 0.3 is 5.69 Å². The van der Waals surface area contributed by atoms with E-state index in [-0.39, 0.29) is 17.9 Å². The van der Waals surface area contributed by atoms with Gasteiger partial charge in [0.05, 0.1) is 38.5 Å². The molecule has 76 valence electrons. The van der Waals surface area contributed by atoms with Gasteiger partial charge in [-0.15, -0.1) is 0 Å². The van der Waals surface area contributed by atoms with Gasteiger partial charge in [-0.3, -0.25) is 9.13 Å². The Balaban J connectivity index is 1.75. The van der Waals surface area contributed by atoms with E-state index in [2.05, 4.69) is 0 Å². The van der Waals surface area contributed by atoms with Crippen molar-refractivity contribution < 1.29 is 9.47 Å². The topological polar surface area (TPSA) is 52.0 Å². The molecule has 14 heavy (non-hydrogen) atoms. The van der Waals surface area contributed by atoms with Crippen LogP contribution in [0, 0.1) is 0 Å². The third-order valence-electron chi connectivity index (χ3n) is 2.52. The molecule has 3 rings (SSSR count). The van der Waals surface area contributed by atoms with Crippen molar-refractivity contribution in [3.8, 4) is 0 Å². The Labute approximate surface area is 80.8 Å². The van der Waals surface area contributed by atoms with Crippen molar-refractivity contribution in [3.05, 3.63) is 22.9 Å².